The van der Waals surface area contributed by atoms with Crippen molar-refractivity contribution in [3.63, 3.8) is 0 Å². The Morgan fingerprint density at radius 3 is 2.53 bits per heavy atom. The zero-order valence-corrected chi connectivity index (χ0v) is 9.60. The Morgan fingerprint density at radius 2 is 1.93 bits per heavy atom. The summed E-state index contributed by atoms with van der Waals surface area (Å²) in [4.78, 5) is 0. The molecular weight excluding hydrogens is 200 g/mol. The minimum atomic E-state index is -0.0539. The highest BCUT2D eigenvalue weighted by Gasteiger charge is 2.38. The summed E-state index contributed by atoms with van der Waals surface area (Å²) in [5, 5.41) is 0. The van der Waals surface area contributed by atoms with Gasteiger partial charge in [-0.25, -0.2) is 0 Å². The largest absolute Gasteiger partial charge is 0.382 e. The van der Waals surface area contributed by atoms with Crippen LogP contribution in [0.2, 0.25) is 0 Å². The van der Waals surface area contributed by atoms with E-state index in [0.29, 0.717) is 26.4 Å². The van der Waals surface area contributed by atoms with E-state index in [2.05, 4.69) is 0 Å². The van der Waals surface area contributed by atoms with E-state index in [1.807, 2.05) is 0 Å². The van der Waals surface area contributed by atoms with Gasteiger partial charge in [0.05, 0.1) is 26.4 Å². The molecule has 0 aromatic rings. The second kappa shape index (κ2) is 7.14. The minimum Gasteiger partial charge on any atom is -0.382 e. The van der Waals surface area contributed by atoms with Crippen molar-refractivity contribution in [2.75, 3.05) is 47.8 Å². The first kappa shape index (κ1) is 12.9. The molecule has 0 saturated carbocycles. The Morgan fingerprint density at radius 1 is 1.13 bits per heavy atom. The van der Waals surface area contributed by atoms with Crippen molar-refractivity contribution in [1.29, 1.82) is 0 Å². The third kappa shape index (κ3) is 3.70. The van der Waals surface area contributed by atoms with Crippen LogP contribution in [0, 0.1) is 0 Å². The third-order valence-corrected chi connectivity index (χ3v) is 2.43. The number of hydrogen-bond acceptors (Lipinski definition) is 5. The van der Waals surface area contributed by atoms with Gasteiger partial charge in [0.1, 0.15) is 18.3 Å². The Labute approximate surface area is 90.6 Å². The van der Waals surface area contributed by atoms with Gasteiger partial charge in [0.25, 0.3) is 0 Å². The van der Waals surface area contributed by atoms with Gasteiger partial charge in [-0.05, 0) is 0 Å². The predicted octanol–water partition coefficient (Wildman–Crippen LogP) is 0.0782. The highest BCUT2D eigenvalue weighted by Crippen LogP contribution is 2.20. The fraction of sp³-hybridized carbons (Fsp3) is 1.00. The van der Waals surface area contributed by atoms with Gasteiger partial charge in [-0.3, -0.25) is 0 Å². The van der Waals surface area contributed by atoms with Crippen LogP contribution < -0.4 is 0 Å². The van der Waals surface area contributed by atoms with Crippen LogP contribution >= 0.6 is 0 Å². The monoisotopic (exact) mass is 220 g/mol. The molecule has 90 valence electrons. The van der Waals surface area contributed by atoms with Gasteiger partial charge in [-0.2, -0.15) is 0 Å². The summed E-state index contributed by atoms with van der Waals surface area (Å²) >= 11 is 0. The molecular formula is C10H20O5. The lowest BCUT2D eigenvalue weighted by Crippen LogP contribution is -2.36. The molecule has 15 heavy (non-hydrogen) atoms. The van der Waals surface area contributed by atoms with E-state index in [0.717, 1.165) is 0 Å². The van der Waals surface area contributed by atoms with E-state index in [4.69, 9.17) is 23.7 Å². The van der Waals surface area contributed by atoms with Crippen molar-refractivity contribution in [3.05, 3.63) is 0 Å². The van der Waals surface area contributed by atoms with Crippen molar-refractivity contribution in [2.24, 2.45) is 0 Å². The first-order valence-corrected chi connectivity index (χ1v) is 5.07. The quantitative estimate of drug-likeness (QED) is 0.568. The summed E-state index contributed by atoms with van der Waals surface area (Å²) in [5.41, 5.74) is 0. The van der Waals surface area contributed by atoms with Gasteiger partial charge in [0.15, 0.2) is 0 Å². The summed E-state index contributed by atoms with van der Waals surface area (Å²) in [5.74, 6) is 0. The lowest BCUT2D eigenvalue weighted by atomic mass is 10.1. The first-order valence-electron chi connectivity index (χ1n) is 5.07. The molecule has 0 aromatic carbocycles. The van der Waals surface area contributed by atoms with Gasteiger partial charge in [0.2, 0.25) is 0 Å². The van der Waals surface area contributed by atoms with Crippen LogP contribution in [0.4, 0.5) is 0 Å². The Hall–Kier alpha value is -0.200. The molecule has 0 radical (unpaired) electrons. The third-order valence-electron chi connectivity index (χ3n) is 2.43. The van der Waals surface area contributed by atoms with Gasteiger partial charge in [-0.1, -0.05) is 0 Å². The van der Waals surface area contributed by atoms with Crippen molar-refractivity contribution in [3.8, 4) is 0 Å². The smallest absolute Gasteiger partial charge is 0.114 e. The molecule has 0 spiro atoms. The van der Waals surface area contributed by atoms with E-state index in [1.165, 1.54) is 0 Å². The van der Waals surface area contributed by atoms with E-state index >= 15 is 0 Å². The average molecular weight is 220 g/mol. The number of methoxy groups -OCH3 is 3. The van der Waals surface area contributed by atoms with Crippen LogP contribution in [0.25, 0.3) is 0 Å². The molecule has 1 aliphatic rings. The van der Waals surface area contributed by atoms with Crippen molar-refractivity contribution >= 4 is 0 Å². The lowest BCUT2D eigenvalue weighted by molar-refractivity contribution is -0.0624. The van der Waals surface area contributed by atoms with Crippen LogP contribution in [0.15, 0.2) is 0 Å². The zero-order valence-electron chi connectivity index (χ0n) is 9.60. The van der Waals surface area contributed by atoms with Crippen molar-refractivity contribution < 1.29 is 23.7 Å². The summed E-state index contributed by atoms with van der Waals surface area (Å²) in [7, 11) is 4.96. The second-order valence-electron chi connectivity index (χ2n) is 3.43. The molecule has 0 aliphatic carbocycles. The molecule has 1 rings (SSSR count). The summed E-state index contributed by atoms with van der Waals surface area (Å²) in [6.45, 7) is 2.23. The number of ether oxygens (including phenoxy) is 5. The van der Waals surface area contributed by atoms with E-state index in [1.54, 1.807) is 21.3 Å². The zero-order chi connectivity index (χ0) is 11.1. The van der Waals surface area contributed by atoms with Gasteiger partial charge >= 0.3 is 0 Å². The molecule has 3 unspecified atom stereocenters. The predicted molar refractivity (Wildman–Crippen MR) is 54.0 cm³/mol. The molecule has 5 nitrogen and oxygen atoms in total. The second-order valence-corrected chi connectivity index (χ2v) is 3.43. The number of hydrogen-bond donors (Lipinski definition) is 0. The molecule has 5 heteroatoms. The Kier molecular flexibility index (Phi) is 6.12. The summed E-state index contributed by atoms with van der Waals surface area (Å²) in [6.07, 6.45) is -0.111. The van der Waals surface area contributed by atoms with Crippen molar-refractivity contribution in [1.82, 2.24) is 0 Å². The molecule has 0 bridgehead atoms. The molecule has 1 saturated heterocycles. The van der Waals surface area contributed by atoms with E-state index in [9.17, 15) is 0 Å². The van der Waals surface area contributed by atoms with Crippen LogP contribution in [-0.4, -0.2) is 66.1 Å². The van der Waals surface area contributed by atoms with E-state index in [-0.39, 0.29) is 18.3 Å². The standard InChI is InChI=1S/C10H20O5/c1-11-4-5-14-9-7-15-8(6-12-2)10(9)13-3/h8-10H,4-7H2,1-3H3. The van der Waals surface area contributed by atoms with Crippen LogP contribution in [0.3, 0.4) is 0 Å². The SMILES string of the molecule is COCCOC1COC(COC)C1OC. The topological polar surface area (TPSA) is 46.2 Å². The molecule has 1 heterocycles. The maximum absolute atomic E-state index is 5.59. The van der Waals surface area contributed by atoms with Crippen LogP contribution in [0.5, 0.6) is 0 Å². The average Bonchev–Trinajstić information content (AvgIpc) is 2.62. The minimum absolute atomic E-state index is 0.0229. The van der Waals surface area contributed by atoms with Gasteiger partial charge in [-0.15, -0.1) is 0 Å². The Bertz CT molecular complexity index is 164. The highest BCUT2D eigenvalue weighted by molar-refractivity contribution is 4.85. The Balaban J connectivity index is 2.31. The number of rotatable bonds is 7. The fourth-order valence-corrected chi connectivity index (χ4v) is 1.68. The van der Waals surface area contributed by atoms with Crippen LogP contribution in [-0.2, 0) is 23.7 Å². The normalized spacial score (nSPS) is 31.0. The van der Waals surface area contributed by atoms with E-state index < -0.39 is 0 Å². The molecule has 1 fully saturated rings. The molecule has 3 atom stereocenters. The van der Waals surface area contributed by atoms with Crippen molar-refractivity contribution in [2.45, 2.75) is 18.3 Å². The molecule has 0 aromatic heterocycles. The maximum atomic E-state index is 5.59. The first-order chi connectivity index (χ1) is 7.33. The lowest BCUT2D eigenvalue weighted by Gasteiger charge is -2.20. The molecule has 0 N–H and O–H groups in total. The maximum Gasteiger partial charge on any atom is 0.114 e. The highest BCUT2D eigenvalue weighted by atomic mass is 16.6. The van der Waals surface area contributed by atoms with Gasteiger partial charge in [0, 0.05) is 21.3 Å². The fourth-order valence-electron chi connectivity index (χ4n) is 1.68. The molecule has 1 aliphatic heterocycles. The van der Waals surface area contributed by atoms with Crippen LogP contribution in [0.1, 0.15) is 0 Å². The molecule has 0 amide bonds. The summed E-state index contributed by atoms with van der Waals surface area (Å²) in [6, 6.07) is 0. The summed E-state index contributed by atoms with van der Waals surface area (Å²) < 4.78 is 26.4. The van der Waals surface area contributed by atoms with Gasteiger partial charge < -0.3 is 23.7 Å².